The first kappa shape index (κ1) is 13.8. The van der Waals surface area contributed by atoms with Gasteiger partial charge in [-0.25, -0.2) is 15.0 Å². The molecule has 2 heterocycles. The van der Waals surface area contributed by atoms with Gasteiger partial charge in [0.25, 0.3) is 0 Å². The largest absolute Gasteiger partial charge is 0.364 e. The van der Waals surface area contributed by atoms with E-state index in [1.54, 1.807) is 12.7 Å². The van der Waals surface area contributed by atoms with Crippen LogP contribution in [0.5, 0.6) is 0 Å². The van der Waals surface area contributed by atoms with E-state index >= 15 is 0 Å². The summed E-state index contributed by atoms with van der Waals surface area (Å²) in [5.74, 6) is 0.736. The molecule has 0 aliphatic rings. The lowest BCUT2D eigenvalue weighted by Crippen LogP contribution is -2.26. The van der Waals surface area contributed by atoms with Gasteiger partial charge in [0, 0.05) is 16.2 Å². The summed E-state index contributed by atoms with van der Waals surface area (Å²) in [6.45, 7) is 6.24. The second-order valence-electron chi connectivity index (χ2n) is 5.86. The topological polar surface area (TPSA) is 55.6 Å². The molecule has 0 saturated carbocycles. The smallest absolute Gasteiger partial charge is 0.170 e. The van der Waals surface area contributed by atoms with Crippen molar-refractivity contribution >= 4 is 28.6 Å². The standard InChI is InChI=1S/C15H16ClN5/c1-15(2,3)20-13-12-14(18-8-17-13)21(9-19-12)11-6-4-10(16)5-7-11/h4-9H,1-3H3,(H,17,18,20). The van der Waals surface area contributed by atoms with Crippen molar-refractivity contribution in [2.75, 3.05) is 5.32 Å². The van der Waals surface area contributed by atoms with Crippen LogP contribution >= 0.6 is 11.6 Å². The zero-order valence-corrected chi connectivity index (χ0v) is 12.9. The summed E-state index contributed by atoms with van der Waals surface area (Å²) in [6.07, 6.45) is 3.29. The summed E-state index contributed by atoms with van der Waals surface area (Å²) in [5.41, 5.74) is 2.38. The number of halogens is 1. The van der Waals surface area contributed by atoms with Crippen molar-refractivity contribution in [3.63, 3.8) is 0 Å². The molecule has 108 valence electrons. The predicted molar refractivity (Wildman–Crippen MR) is 85.0 cm³/mol. The summed E-state index contributed by atoms with van der Waals surface area (Å²) in [7, 11) is 0. The van der Waals surface area contributed by atoms with Crippen molar-refractivity contribution < 1.29 is 0 Å². The summed E-state index contributed by atoms with van der Waals surface area (Å²) in [6, 6.07) is 7.56. The van der Waals surface area contributed by atoms with Gasteiger partial charge in [-0.15, -0.1) is 0 Å². The molecule has 0 bridgehead atoms. The van der Waals surface area contributed by atoms with Gasteiger partial charge in [0.05, 0.1) is 0 Å². The molecular formula is C15H16ClN5. The van der Waals surface area contributed by atoms with Crippen LogP contribution in [0.3, 0.4) is 0 Å². The van der Waals surface area contributed by atoms with Crippen LogP contribution in [0.2, 0.25) is 5.02 Å². The van der Waals surface area contributed by atoms with Crippen molar-refractivity contribution in [1.29, 1.82) is 0 Å². The highest BCUT2D eigenvalue weighted by Crippen LogP contribution is 2.23. The van der Waals surface area contributed by atoms with Gasteiger partial charge in [0.1, 0.15) is 12.7 Å². The molecule has 0 unspecified atom stereocenters. The second kappa shape index (κ2) is 5.00. The van der Waals surface area contributed by atoms with Crippen molar-refractivity contribution in [3.8, 4) is 5.69 Å². The summed E-state index contributed by atoms with van der Waals surface area (Å²) < 4.78 is 1.92. The van der Waals surface area contributed by atoms with Crippen LogP contribution in [0.1, 0.15) is 20.8 Å². The van der Waals surface area contributed by atoms with E-state index in [1.165, 1.54) is 0 Å². The SMILES string of the molecule is CC(C)(C)Nc1ncnc2c1ncn2-c1ccc(Cl)cc1. The predicted octanol–water partition coefficient (Wildman–Crippen LogP) is 3.68. The van der Waals surface area contributed by atoms with E-state index in [0.29, 0.717) is 5.02 Å². The quantitative estimate of drug-likeness (QED) is 0.784. The Morgan fingerprint density at radius 1 is 1.05 bits per heavy atom. The third-order valence-electron chi connectivity index (χ3n) is 2.93. The molecule has 2 aromatic heterocycles. The van der Waals surface area contributed by atoms with E-state index in [9.17, 15) is 0 Å². The molecule has 3 aromatic rings. The Balaban J connectivity index is 2.11. The Kier molecular flexibility index (Phi) is 3.29. The molecule has 0 saturated heterocycles. The molecule has 1 aromatic carbocycles. The number of anilines is 1. The van der Waals surface area contributed by atoms with Crippen molar-refractivity contribution in [3.05, 3.63) is 41.9 Å². The van der Waals surface area contributed by atoms with Gasteiger partial charge in [-0.05, 0) is 45.0 Å². The minimum atomic E-state index is -0.0919. The number of benzene rings is 1. The highest BCUT2D eigenvalue weighted by molar-refractivity contribution is 6.30. The van der Waals surface area contributed by atoms with Crippen LogP contribution < -0.4 is 5.32 Å². The molecule has 5 nitrogen and oxygen atoms in total. The number of fused-ring (bicyclic) bond motifs is 1. The number of aromatic nitrogens is 4. The number of nitrogens with one attached hydrogen (secondary N) is 1. The lowest BCUT2D eigenvalue weighted by Gasteiger charge is -2.21. The fourth-order valence-electron chi connectivity index (χ4n) is 2.07. The lowest BCUT2D eigenvalue weighted by atomic mass is 10.1. The average Bonchev–Trinajstić information content (AvgIpc) is 2.83. The van der Waals surface area contributed by atoms with Gasteiger partial charge in [-0.3, -0.25) is 4.57 Å². The van der Waals surface area contributed by atoms with E-state index in [4.69, 9.17) is 11.6 Å². The maximum atomic E-state index is 5.93. The van der Waals surface area contributed by atoms with Gasteiger partial charge < -0.3 is 5.32 Å². The molecule has 0 aliphatic carbocycles. The van der Waals surface area contributed by atoms with Crippen LogP contribution in [0.25, 0.3) is 16.9 Å². The molecule has 0 fully saturated rings. The number of imidazole rings is 1. The van der Waals surface area contributed by atoms with Gasteiger partial charge in [0.2, 0.25) is 0 Å². The van der Waals surface area contributed by atoms with E-state index in [1.807, 2.05) is 28.8 Å². The summed E-state index contributed by atoms with van der Waals surface area (Å²) in [4.78, 5) is 13.1. The molecule has 0 aliphatic heterocycles. The maximum Gasteiger partial charge on any atom is 0.170 e. The minimum Gasteiger partial charge on any atom is -0.364 e. The van der Waals surface area contributed by atoms with Crippen molar-refractivity contribution in [2.45, 2.75) is 26.3 Å². The molecule has 6 heteroatoms. The van der Waals surface area contributed by atoms with Crippen LogP contribution in [0.15, 0.2) is 36.9 Å². The molecule has 21 heavy (non-hydrogen) atoms. The first-order chi connectivity index (χ1) is 9.94. The number of rotatable bonds is 2. The zero-order chi connectivity index (χ0) is 15.0. The van der Waals surface area contributed by atoms with Crippen LogP contribution in [0.4, 0.5) is 5.82 Å². The van der Waals surface area contributed by atoms with Crippen molar-refractivity contribution in [1.82, 2.24) is 19.5 Å². The molecular weight excluding hydrogens is 286 g/mol. The molecule has 3 rings (SSSR count). The zero-order valence-electron chi connectivity index (χ0n) is 12.1. The number of hydrogen-bond donors (Lipinski definition) is 1. The fourth-order valence-corrected chi connectivity index (χ4v) is 2.20. The van der Waals surface area contributed by atoms with Gasteiger partial charge >= 0.3 is 0 Å². The monoisotopic (exact) mass is 301 g/mol. The van der Waals surface area contributed by atoms with Crippen LogP contribution in [-0.4, -0.2) is 25.1 Å². The molecule has 0 radical (unpaired) electrons. The summed E-state index contributed by atoms with van der Waals surface area (Å²) >= 11 is 5.93. The number of nitrogens with zero attached hydrogens (tertiary/aromatic N) is 4. The van der Waals surface area contributed by atoms with E-state index < -0.39 is 0 Å². The fraction of sp³-hybridized carbons (Fsp3) is 0.267. The Bertz CT molecular complexity index is 771. The van der Waals surface area contributed by atoms with Gasteiger partial charge in [-0.1, -0.05) is 11.6 Å². The third-order valence-corrected chi connectivity index (χ3v) is 3.18. The van der Waals surface area contributed by atoms with E-state index in [2.05, 4.69) is 41.0 Å². The first-order valence-corrected chi connectivity index (χ1v) is 7.04. The lowest BCUT2D eigenvalue weighted by molar-refractivity contribution is 0.631. The van der Waals surface area contributed by atoms with Gasteiger partial charge in [0.15, 0.2) is 17.0 Å². The van der Waals surface area contributed by atoms with E-state index in [0.717, 1.165) is 22.7 Å². The first-order valence-electron chi connectivity index (χ1n) is 6.66. The molecule has 0 atom stereocenters. The Morgan fingerprint density at radius 3 is 2.43 bits per heavy atom. The summed E-state index contributed by atoms with van der Waals surface area (Å²) in [5, 5.41) is 4.05. The van der Waals surface area contributed by atoms with E-state index in [-0.39, 0.29) is 5.54 Å². The average molecular weight is 302 g/mol. The second-order valence-corrected chi connectivity index (χ2v) is 6.30. The highest BCUT2D eigenvalue weighted by atomic mass is 35.5. The normalized spacial score (nSPS) is 11.8. The Labute approximate surface area is 128 Å². The molecule has 0 spiro atoms. The van der Waals surface area contributed by atoms with Crippen LogP contribution in [0, 0.1) is 0 Å². The van der Waals surface area contributed by atoms with Crippen LogP contribution in [-0.2, 0) is 0 Å². The third kappa shape index (κ3) is 2.83. The minimum absolute atomic E-state index is 0.0919. The van der Waals surface area contributed by atoms with Crippen molar-refractivity contribution in [2.24, 2.45) is 0 Å². The Hall–Kier alpha value is -2.14. The molecule has 1 N–H and O–H groups in total. The molecule has 0 amide bonds. The highest BCUT2D eigenvalue weighted by Gasteiger charge is 2.16. The van der Waals surface area contributed by atoms with Gasteiger partial charge in [-0.2, -0.15) is 0 Å². The Morgan fingerprint density at radius 2 is 1.76 bits per heavy atom. The number of hydrogen-bond acceptors (Lipinski definition) is 4. The maximum absolute atomic E-state index is 5.93.